The first-order chi connectivity index (χ1) is 12.4. The molecule has 0 heterocycles. The average molecular weight is 353 g/mol. The van der Waals surface area contributed by atoms with Gasteiger partial charge in [-0.2, -0.15) is 0 Å². The van der Waals surface area contributed by atoms with E-state index >= 15 is 0 Å². The molecule has 142 valence electrons. The van der Waals surface area contributed by atoms with Gasteiger partial charge in [-0.25, -0.2) is 0 Å². The fourth-order valence-electron chi connectivity index (χ4n) is 7.65. The zero-order chi connectivity index (χ0) is 18.5. The molecule has 4 aliphatic carbocycles. The van der Waals surface area contributed by atoms with Crippen LogP contribution in [0.4, 0.5) is 0 Å². The van der Waals surface area contributed by atoms with Crippen molar-refractivity contribution >= 4 is 0 Å². The summed E-state index contributed by atoms with van der Waals surface area (Å²) < 4.78 is 5.58. The maximum absolute atomic E-state index is 5.58. The van der Waals surface area contributed by atoms with Crippen LogP contribution in [0, 0.1) is 52.3 Å². The third-order valence-electron chi connectivity index (χ3n) is 9.04. The van der Waals surface area contributed by atoms with Crippen molar-refractivity contribution in [2.45, 2.75) is 72.6 Å². The molecule has 7 atom stereocenters. The summed E-state index contributed by atoms with van der Waals surface area (Å²) in [5.74, 6) is 11.9. The average Bonchev–Trinajstić information content (AvgIpc) is 2.98. The molecule has 0 amide bonds. The Kier molecular flexibility index (Phi) is 4.53. The van der Waals surface area contributed by atoms with Crippen LogP contribution in [0.25, 0.3) is 0 Å². The van der Waals surface area contributed by atoms with Crippen LogP contribution in [-0.4, -0.2) is 7.11 Å². The third-order valence-corrected chi connectivity index (χ3v) is 9.04. The number of ether oxygens (including phenoxy) is 1. The lowest BCUT2D eigenvalue weighted by Gasteiger charge is -2.57. The lowest BCUT2D eigenvalue weighted by molar-refractivity contribution is -0.0419. The molecule has 26 heavy (non-hydrogen) atoms. The summed E-state index contributed by atoms with van der Waals surface area (Å²) in [6, 6.07) is 0. The van der Waals surface area contributed by atoms with Crippen LogP contribution in [-0.2, 0) is 4.74 Å². The van der Waals surface area contributed by atoms with Crippen LogP contribution in [0.5, 0.6) is 0 Å². The topological polar surface area (TPSA) is 9.23 Å². The highest BCUT2D eigenvalue weighted by Gasteiger charge is 2.58. The zero-order valence-electron chi connectivity index (χ0n) is 17.4. The lowest BCUT2D eigenvalue weighted by atomic mass is 9.47. The Morgan fingerprint density at radius 3 is 2.69 bits per heavy atom. The van der Waals surface area contributed by atoms with Crippen LogP contribution in [0.15, 0.2) is 23.5 Å². The molecular weight excluding hydrogens is 316 g/mol. The van der Waals surface area contributed by atoms with Crippen molar-refractivity contribution < 1.29 is 4.74 Å². The fraction of sp³-hybridized carbons (Fsp3) is 0.760. The van der Waals surface area contributed by atoms with Crippen molar-refractivity contribution in [3.05, 3.63) is 23.5 Å². The normalized spacial score (nSPS) is 45.1. The molecule has 0 bridgehead atoms. The molecule has 5 unspecified atom stereocenters. The third kappa shape index (κ3) is 2.51. The molecule has 0 aromatic rings. The summed E-state index contributed by atoms with van der Waals surface area (Å²) in [7, 11) is 1.83. The first-order valence-electron chi connectivity index (χ1n) is 10.8. The Hall–Kier alpha value is -1.16. The number of methoxy groups -OCH3 is 1. The van der Waals surface area contributed by atoms with Gasteiger partial charge in [-0.15, -0.1) is 11.8 Å². The predicted molar refractivity (Wildman–Crippen MR) is 108 cm³/mol. The predicted octanol–water partition coefficient (Wildman–Crippen LogP) is 6.37. The van der Waals surface area contributed by atoms with Crippen molar-refractivity contribution in [2.75, 3.05) is 7.11 Å². The summed E-state index contributed by atoms with van der Waals surface area (Å²) in [6.07, 6.45) is 14.2. The number of allylic oxidation sites excluding steroid dienone is 4. The monoisotopic (exact) mass is 352 g/mol. The second kappa shape index (κ2) is 6.47. The van der Waals surface area contributed by atoms with E-state index in [4.69, 9.17) is 4.74 Å². The van der Waals surface area contributed by atoms with Gasteiger partial charge < -0.3 is 4.74 Å². The van der Waals surface area contributed by atoms with Crippen LogP contribution < -0.4 is 0 Å². The van der Waals surface area contributed by atoms with Crippen LogP contribution in [0.1, 0.15) is 72.6 Å². The van der Waals surface area contributed by atoms with Gasteiger partial charge in [0.2, 0.25) is 0 Å². The summed E-state index contributed by atoms with van der Waals surface area (Å²) in [5, 5.41) is 0. The van der Waals surface area contributed by atoms with E-state index in [9.17, 15) is 0 Å². The largest absolute Gasteiger partial charge is 0.501 e. The molecular formula is C25H36O. The molecule has 2 fully saturated rings. The minimum absolute atomic E-state index is 0.374. The fourth-order valence-corrected chi connectivity index (χ4v) is 7.65. The van der Waals surface area contributed by atoms with E-state index in [2.05, 4.69) is 44.8 Å². The molecule has 0 spiro atoms. The Bertz CT molecular complexity index is 689. The zero-order valence-corrected chi connectivity index (χ0v) is 17.4. The minimum Gasteiger partial charge on any atom is -0.501 e. The number of hydrogen-bond donors (Lipinski definition) is 0. The van der Waals surface area contributed by atoms with E-state index in [1.807, 2.05) is 14.0 Å². The van der Waals surface area contributed by atoms with E-state index in [0.717, 1.165) is 30.1 Å². The Labute approximate surface area is 160 Å². The van der Waals surface area contributed by atoms with Gasteiger partial charge in [0.15, 0.2) is 0 Å². The van der Waals surface area contributed by atoms with Crippen LogP contribution in [0.3, 0.4) is 0 Å². The van der Waals surface area contributed by atoms with Gasteiger partial charge in [-0.1, -0.05) is 26.8 Å². The standard InChI is InChI=1S/C25H36O/c1-6-7-17(2)21-10-11-22-20-9-8-18-16-19(26-5)12-14-24(18,3)23(20)13-15-25(21,22)4/h8,16-17,20-23H,9-15H2,1-5H3/t17?,20?,21?,22?,23?,24-,25+/m0/s1. The van der Waals surface area contributed by atoms with Gasteiger partial charge in [0.1, 0.15) is 0 Å². The quantitative estimate of drug-likeness (QED) is 0.525. The second-order valence-electron chi connectivity index (χ2n) is 9.92. The first-order valence-corrected chi connectivity index (χ1v) is 10.8. The van der Waals surface area contributed by atoms with Crippen molar-refractivity contribution in [1.82, 2.24) is 0 Å². The molecule has 0 aromatic carbocycles. The van der Waals surface area contributed by atoms with E-state index in [0.29, 0.717) is 16.7 Å². The van der Waals surface area contributed by atoms with Crippen molar-refractivity contribution in [2.24, 2.45) is 40.4 Å². The van der Waals surface area contributed by atoms with Crippen LogP contribution >= 0.6 is 0 Å². The number of rotatable bonds is 2. The Balaban J connectivity index is 1.64. The molecule has 2 saturated carbocycles. The summed E-state index contributed by atoms with van der Waals surface area (Å²) in [6.45, 7) is 9.55. The maximum atomic E-state index is 5.58. The summed E-state index contributed by atoms with van der Waals surface area (Å²) in [5.41, 5.74) is 2.46. The molecule has 0 aromatic heterocycles. The lowest BCUT2D eigenvalue weighted by Crippen LogP contribution is -2.49. The number of fused-ring (bicyclic) bond motifs is 5. The Morgan fingerprint density at radius 1 is 1.15 bits per heavy atom. The Morgan fingerprint density at radius 2 is 1.96 bits per heavy atom. The molecule has 0 radical (unpaired) electrons. The van der Waals surface area contributed by atoms with E-state index < -0.39 is 0 Å². The smallest absolute Gasteiger partial charge is 0.0958 e. The van der Waals surface area contributed by atoms with E-state index in [1.165, 1.54) is 44.3 Å². The molecule has 0 aliphatic heterocycles. The molecule has 4 aliphatic rings. The minimum atomic E-state index is 0.374. The molecule has 4 rings (SSSR count). The van der Waals surface area contributed by atoms with Gasteiger partial charge in [-0.3, -0.25) is 0 Å². The summed E-state index contributed by atoms with van der Waals surface area (Å²) in [4.78, 5) is 0. The van der Waals surface area contributed by atoms with Crippen molar-refractivity contribution in [3.63, 3.8) is 0 Å². The second-order valence-corrected chi connectivity index (χ2v) is 9.92. The molecule has 1 heteroatoms. The van der Waals surface area contributed by atoms with Gasteiger partial charge in [0, 0.05) is 12.3 Å². The van der Waals surface area contributed by atoms with E-state index in [1.54, 1.807) is 5.57 Å². The molecule has 0 N–H and O–H groups in total. The van der Waals surface area contributed by atoms with Crippen LogP contribution in [0.2, 0.25) is 0 Å². The summed E-state index contributed by atoms with van der Waals surface area (Å²) >= 11 is 0. The maximum Gasteiger partial charge on any atom is 0.0958 e. The highest BCUT2D eigenvalue weighted by molar-refractivity contribution is 5.35. The van der Waals surface area contributed by atoms with Gasteiger partial charge in [0.05, 0.1) is 12.9 Å². The molecule has 0 saturated heterocycles. The first kappa shape index (κ1) is 18.2. The molecule has 1 nitrogen and oxygen atoms in total. The van der Waals surface area contributed by atoms with E-state index in [-0.39, 0.29) is 0 Å². The SMILES string of the molecule is CC#CC(C)C1CCC2C3CC=C4C=C(OC)CC[C@]4(C)C3CC[C@]12C. The highest BCUT2D eigenvalue weighted by atomic mass is 16.5. The van der Waals surface area contributed by atoms with Gasteiger partial charge in [0.25, 0.3) is 0 Å². The highest BCUT2D eigenvalue weighted by Crippen LogP contribution is 2.66. The van der Waals surface area contributed by atoms with Crippen molar-refractivity contribution in [3.8, 4) is 11.8 Å². The van der Waals surface area contributed by atoms with Gasteiger partial charge >= 0.3 is 0 Å². The number of hydrogen-bond acceptors (Lipinski definition) is 1. The van der Waals surface area contributed by atoms with Gasteiger partial charge in [-0.05, 0) is 91.6 Å². The van der Waals surface area contributed by atoms with Crippen molar-refractivity contribution in [1.29, 1.82) is 0 Å².